The van der Waals surface area contributed by atoms with Crippen LogP contribution in [-0.4, -0.2) is 36.1 Å². The molecule has 1 saturated heterocycles. The molecule has 0 spiro atoms. The maximum absolute atomic E-state index is 12.0. The van der Waals surface area contributed by atoms with Crippen LogP contribution in [0.25, 0.3) is 0 Å². The molecule has 0 aromatic heterocycles. The average molecular weight is 211 g/mol. The number of hydrogen-bond acceptors (Lipinski definition) is 2. The molecule has 0 unspecified atom stereocenters. The van der Waals surface area contributed by atoms with Crippen LogP contribution < -0.4 is 0 Å². The van der Waals surface area contributed by atoms with Crippen LogP contribution in [0.3, 0.4) is 0 Å². The van der Waals surface area contributed by atoms with E-state index in [1.54, 1.807) is 0 Å². The number of amides is 1. The summed E-state index contributed by atoms with van der Waals surface area (Å²) in [5.74, 6) is 0.417. The Balaban J connectivity index is 2.06. The predicted molar refractivity (Wildman–Crippen MR) is 58.5 cm³/mol. The molecule has 2 aliphatic rings. The molecular formula is C12H21NO2. The van der Waals surface area contributed by atoms with Gasteiger partial charge in [0.2, 0.25) is 5.91 Å². The molecular weight excluding hydrogens is 190 g/mol. The lowest BCUT2D eigenvalue weighted by Crippen LogP contribution is -2.55. The van der Waals surface area contributed by atoms with E-state index in [0.29, 0.717) is 18.1 Å². The van der Waals surface area contributed by atoms with Crippen LogP contribution in [0, 0.1) is 5.92 Å². The Morgan fingerprint density at radius 2 is 2.07 bits per heavy atom. The van der Waals surface area contributed by atoms with Crippen LogP contribution in [0.15, 0.2) is 0 Å². The van der Waals surface area contributed by atoms with Crippen molar-refractivity contribution in [3.63, 3.8) is 0 Å². The smallest absolute Gasteiger partial charge is 0.225 e. The van der Waals surface area contributed by atoms with Gasteiger partial charge >= 0.3 is 0 Å². The summed E-state index contributed by atoms with van der Waals surface area (Å²) >= 11 is 0. The van der Waals surface area contributed by atoms with Crippen molar-refractivity contribution < 1.29 is 9.53 Å². The third-order valence-electron chi connectivity index (χ3n) is 3.51. The number of carbonyl (C=O) groups is 1. The van der Waals surface area contributed by atoms with Crippen LogP contribution >= 0.6 is 0 Å². The van der Waals surface area contributed by atoms with Gasteiger partial charge in [0.05, 0.1) is 18.8 Å². The number of hydrogen-bond donors (Lipinski definition) is 0. The second kappa shape index (κ2) is 4.52. The van der Waals surface area contributed by atoms with Crippen molar-refractivity contribution in [3.8, 4) is 0 Å². The zero-order valence-corrected chi connectivity index (χ0v) is 9.74. The fraction of sp³-hybridized carbons (Fsp3) is 0.917. The van der Waals surface area contributed by atoms with Crippen molar-refractivity contribution in [2.24, 2.45) is 5.92 Å². The Bertz CT molecular complexity index is 238. The lowest BCUT2D eigenvalue weighted by molar-refractivity contribution is -0.152. The third kappa shape index (κ3) is 2.17. The first-order valence-electron chi connectivity index (χ1n) is 6.12. The van der Waals surface area contributed by atoms with E-state index in [2.05, 4.69) is 4.90 Å². The van der Waals surface area contributed by atoms with Crippen LogP contribution in [0.5, 0.6) is 0 Å². The number of rotatable bonds is 1. The Hall–Kier alpha value is -0.570. The van der Waals surface area contributed by atoms with Gasteiger partial charge in [-0.2, -0.15) is 0 Å². The number of nitrogens with zero attached hydrogens (tertiary/aromatic N) is 1. The predicted octanol–water partition coefficient (Wildman–Crippen LogP) is 1.81. The highest BCUT2D eigenvalue weighted by atomic mass is 16.5. The van der Waals surface area contributed by atoms with E-state index >= 15 is 0 Å². The summed E-state index contributed by atoms with van der Waals surface area (Å²) in [6.45, 7) is 5.48. The van der Waals surface area contributed by atoms with E-state index in [4.69, 9.17) is 4.74 Å². The first-order chi connectivity index (χ1) is 7.20. The van der Waals surface area contributed by atoms with Gasteiger partial charge in [0.15, 0.2) is 0 Å². The second-order valence-electron chi connectivity index (χ2n) is 4.95. The maximum Gasteiger partial charge on any atom is 0.225 e. The molecule has 3 nitrogen and oxygen atoms in total. The molecule has 0 aromatic rings. The summed E-state index contributed by atoms with van der Waals surface area (Å²) in [5.41, 5.74) is 0. The SMILES string of the molecule is CC(C)C(=O)N1CCO[C@@H]2CCCC[C@H]21. The van der Waals surface area contributed by atoms with E-state index in [1.807, 2.05) is 13.8 Å². The molecule has 86 valence electrons. The lowest BCUT2D eigenvalue weighted by atomic mass is 9.89. The molecule has 1 heterocycles. The largest absolute Gasteiger partial charge is 0.374 e. The van der Waals surface area contributed by atoms with Gasteiger partial charge in [-0.15, -0.1) is 0 Å². The highest BCUT2D eigenvalue weighted by molar-refractivity contribution is 5.78. The Kier molecular flexibility index (Phi) is 3.29. The van der Waals surface area contributed by atoms with E-state index in [1.165, 1.54) is 12.8 Å². The summed E-state index contributed by atoms with van der Waals surface area (Å²) in [7, 11) is 0. The number of fused-ring (bicyclic) bond motifs is 1. The van der Waals surface area contributed by atoms with E-state index < -0.39 is 0 Å². The summed E-state index contributed by atoms with van der Waals surface area (Å²) < 4.78 is 5.75. The Labute approximate surface area is 91.8 Å². The molecule has 15 heavy (non-hydrogen) atoms. The fourth-order valence-electron chi connectivity index (χ4n) is 2.70. The summed E-state index contributed by atoms with van der Waals surface area (Å²) in [6.07, 6.45) is 5.07. The van der Waals surface area contributed by atoms with Gasteiger partial charge in [0, 0.05) is 12.5 Å². The highest BCUT2D eigenvalue weighted by Gasteiger charge is 2.36. The molecule has 2 rings (SSSR count). The number of ether oxygens (including phenoxy) is 1. The van der Waals surface area contributed by atoms with Gasteiger partial charge in [-0.25, -0.2) is 0 Å². The maximum atomic E-state index is 12.0. The highest BCUT2D eigenvalue weighted by Crippen LogP contribution is 2.29. The minimum Gasteiger partial charge on any atom is -0.374 e. The fourth-order valence-corrected chi connectivity index (χ4v) is 2.70. The van der Waals surface area contributed by atoms with Crippen molar-refractivity contribution in [2.45, 2.75) is 51.7 Å². The zero-order valence-electron chi connectivity index (χ0n) is 9.74. The third-order valence-corrected chi connectivity index (χ3v) is 3.51. The molecule has 0 aromatic carbocycles. The van der Waals surface area contributed by atoms with Crippen molar-refractivity contribution in [2.75, 3.05) is 13.2 Å². The quantitative estimate of drug-likeness (QED) is 0.662. The minimum absolute atomic E-state index is 0.116. The van der Waals surface area contributed by atoms with Gasteiger partial charge in [0.25, 0.3) is 0 Å². The molecule has 3 heteroatoms. The first kappa shape index (κ1) is 10.9. The second-order valence-corrected chi connectivity index (χ2v) is 4.95. The van der Waals surface area contributed by atoms with Crippen LogP contribution in [0.1, 0.15) is 39.5 Å². The topological polar surface area (TPSA) is 29.5 Å². The minimum atomic E-state index is 0.116. The zero-order chi connectivity index (χ0) is 10.8. The Morgan fingerprint density at radius 3 is 2.80 bits per heavy atom. The number of carbonyl (C=O) groups excluding carboxylic acids is 1. The van der Waals surface area contributed by atoms with Crippen molar-refractivity contribution in [1.82, 2.24) is 4.90 Å². The van der Waals surface area contributed by atoms with Crippen LogP contribution in [0.4, 0.5) is 0 Å². The monoisotopic (exact) mass is 211 g/mol. The van der Waals surface area contributed by atoms with Gasteiger partial charge in [-0.3, -0.25) is 4.79 Å². The van der Waals surface area contributed by atoms with E-state index in [-0.39, 0.29) is 5.92 Å². The van der Waals surface area contributed by atoms with Gasteiger partial charge < -0.3 is 9.64 Å². The van der Waals surface area contributed by atoms with Crippen molar-refractivity contribution >= 4 is 5.91 Å². The standard InChI is InChI=1S/C12H21NO2/c1-9(2)12(14)13-7-8-15-11-6-4-3-5-10(11)13/h9-11H,3-8H2,1-2H3/t10-,11-/m1/s1. The molecule has 1 saturated carbocycles. The van der Waals surface area contributed by atoms with Crippen LogP contribution in [0.2, 0.25) is 0 Å². The first-order valence-corrected chi connectivity index (χ1v) is 6.12. The molecule has 0 radical (unpaired) electrons. The molecule has 0 N–H and O–H groups in total. The summed E-state index contributed by atoms with van der Waals surface area (Å²) in [4.78, 5) is 14.1. The van der Waals surface area contributed by atoms with Crippen molar-refractivity contribution in [1.29, 1.82) is 0 Å². The summed E-state index contributed by atoms with van der Waals surface area (Å²) in [6, 6.07) is 0.363. The lowest BCUT2D eigenvalue weighted by Gasteiger charge is -2.44. The van der Waals surface area contributed by atoms with Gasteiger partial charge in [0.1, 0.15) is 0 Å². The molecule has 2 fully saturated rings. The molecule has 1 aliphatic heterocycles. The average Bonchev–Trinajstić information content (AvgIpc) is 2.27. The number of morpholine rings is 1. The van der Waals surface area contributed by atoms with Crippen LogP contribution in [-0.2, 0) is 9.53 Å². The van der Waals surface area contributed by atoms with E-state index in [9.17, 15) is 4.79 Å². The molecule has 1 amide bonds. The molecule has 2 atom stereocenters. The molecule has 0 bridgehead atoms. The summed E-state index contributed by atoms with van der Waals surface area (Å²) in [5, 5.41) is 0. The van der Waals surface area contributed by atoms with Gasteiger partial charge in [-0.05, 0) is 12.8 Å². The normalized spacial score (nSPS) is 31.5. The Morgan fingerprint density at radius 1 is 1.33 bits per heavy atom. The van der Waals surface area contributed by atoms with E-state index in [0.717, 1.165) is 26.0 Å². The molecule has 1 aliphatic carbocycles. The van der Waals surface area contributed by atoms with Crippen molar-refractivity contribution in [3.05, 3.63) is 0 Å². The van der Waals surface area contributed by atoms with Gasteiger partial charge in [-0.1, -0.05) is 26.7 Å².